The number of rotatable bonds is 5. The summed E-state index contributed by atoms with van der Waals surface area (Å²) in [6, 6.07) is 2.14. The molecule has 0 saturated carbocycles. The molecule has 86 valence electrons. The topological polar surface area (TPSA) is 40.7 Å². The molecule has 0 bridgehead atoms. The van der Waals surface area contributed by atoms with Gasteiger partial charge in [-0.1, -0.05) is 0 Å². The third kappa shape index (κ3) is 3.41. The molecule has 0 atom stereocenters. The first kappa shape index (κ1) is 12.3. The van der Waals surface area contributed by atoms with Crippen LogP contribution in [0.5, 0.6) is 0 Å². The third-order valence-electron chi connectivity index (χ3n) is 2.12. The average molecular weight is 365 g/mol. The molecule has 2 rings (SSSR count). The smallest absolute Gasteiger partial charge is 0.0921 e. The Labute approximate surface area is 115 Å². The van der Waals surface area contributed by atoms with Gasteiger partial charge in [0.15, 0.2) is 0 Å². The molecule has 0 aliphatic rings. The predicted molar refractivity (Wildman–Crippen MR) is 73.7 cm³/mol. The predicted octanol–water partition coefficient (Wildman–Crippen LogP) is 3.33. The zero-order valence-corrected chi connectivity index (χ0v) is 12.5. The Morgan fingerprint density at radius 3 is 2.94 bits per heavy atom. The van der Waals surface area contributed by atoms with Crippen molar-refractivity contribution < 1.29 is 0 Å². The lowest BCUT2D eigenvalue weighted by molar-refractivity contribution is 0.687. The second-order valence-electron chi connectivity index (χ2n) is 3.34. The molecule has 2 heterocycles. The molecular formula is C10H11Br2N3S. The highest BCUT2D eigenvalue weighted by Crippen LogP contribution is 2.32. The van der Waals surface area contributed by atoms with Crippen LogP contribution in [0.3, 0.4) is 0 Å². The number of nitrogens with zero attached hydrogens (tertiary/aromatic N) is 1. The van der Waals surface area contributed by atoms with E-state index in [-0.39, 0.29) is 0 Å². The standard InChI is InChI=1S/C10H11Br2N3S/c11-9-3-8(16-10(9)12)5-13-2-1-7-4-14-6-15-7/h3-4,6,13H,1-2,5H2,(H,14,15). The van der Waals surface area contributed by atoms with Gasteiger partial charge in [0.05, 0.1) is 10.1 Å². The molecule has 2 aromatic heterocycles. The number of H-pyrrole nitrogens is 1. The summed E-state index contributed by atoms with van der Waals surface area (Å²) in [6.45, 7) is 1.86. The van der Waals surface area contributed by atoms with Crippen LogP contribution >= 0.6 is 43.2 Å². The maximum atomic E-state index is 3.98. The SMILES string of the molecule is Brc1cc(CNCCc2cnc[nH]2)sc1Br. The van der Waals surface area contributed by atoms with Gasteiger partial charge in [0.1, 0.15) is 0 Å². The second kappa shape index (κ2) is 5.95. The number of halogens is 2. The van der Waals surface area contributed by atoms with Gasteiger partial charge in [-0.3, -0.25) is 0 Å². The Morgan fingerprint density at radius 2 is 2.31 bits per heavy atom. The minimum absolute atomic E-state index is 0.906. The summed E-state index contributed by atoms with van der Waals surface area (Å²) in [4.78, 5) is 8.39. The van der Waals surface area contributed by atoms with Crippen LogP contribution in [0.15, 0.2) is 26.8 Å². The van der Waals surface area contributed by atoms with Crippen LogP contribution in [0.1, 0.15) is 10.6 Å². The minimum atomic E-state index is 0.906. The molecule has 0 amide bonds. The van der Waals surface area contributed by atoms with Crippen molar-refractivity contribution >= 4 is 43.2 Å². The fraction of sp³-hybridized carbons (Fsp3) is 0.300. The Balaban J connectivity index is 1.72. The van der Waals surface area contributed by atoms with Crippen molar-refractivity contribution in [2.45, 2.75) is 13.0 Å². The molecule has 2 N–H and O–H groups in total. The summed E-state index contributed by atoms with van der Waals surface area (Å²) in [6.07, 6.45) is 4.55. The van der Waals surface area contributed by atoms with Gasteiger partial charge in [0.2, 0.25) is 0 Å². The van der Waals surface area contributed by atoms with Crippen molar-refractivity contribution in [3.05, 3.63) is 37.4 Å². The number of aromatic amines is 1. The van der Waals surface area contributed by atoms with Crippen molar-refractivity contribution in [1.82, 2.24) is 15.3 Å². The normalized spacial score (nSPS) is 10.9. The highest BCUT2D eigenvalue weighted by molar-refractivity contribution is 9.13. The first-order valence-electron chi connectivity index (χ1n) is 4.87. The van der Waals surface area contributed by atoms with E-state index >= 15 is 0 Å². The second-order valence-corrected chi connectivity index (χ2v) is 6.65. The summed E-state index contributed by atoms with van der Waals surface area (Å²) < 4.78 is 2.28. The Hall–Kier alpha value is -0.170. The van der Waals surface area contributed by atoms with E-state index in [4.69, 9.17) is 0 Å². The quantitative estimate of drug-likeness (QED) is 0.799. The highest BCUT2D eigenvalue weighted by atomic mass is 79.9. The van der Waals surface area contributed by atoms with E-state index in [2.05, 4.69) is 53.2 Å². The molecule has 0 unspecified atom stereocenters. The third-order valence-corrected chi connectivity index (χ3v) is 5.38. The van der Waals surface area contributed by atoms with Crippen LogP contribution in [-0.4, -0.2) is 16.5 Å². The Morgan fingerprint density at radius 1 is 1.44 bits per heavy atom. The fourth-order valence-electron chi connectivity index (χ4n) is 1.33. The zero-order valence-electron chi connectivity index (χ0n) is 8.46. The molecule has 3 nitrogen and oxygen atoms in total. The van der Waals surface area contributed by atoms with Gasteiger partial charge in [0.25, 0.3) is 0 Å². The van der Waals surface area contributed by atoms with Gasteiger partial charge in [0, 0.05) is 40.8 Å². The summed E-state index contributed by atoms with van der Waals surface area (Å²) in [5.41, 5.74) is 1.17. The Kier molecular flexibility index (Phi) is 4.57. The van der Waals surface area contributed by atoms with E-state index in [0.29, 0.717) is 0 Å². The van der Waals surface area contributed by atoms with Crippen LogP contribution in [0.4, 0.5) is 0 Å². The largest absolute Gasteiger partial charge is 0.348 e. The maximum absolute atomic E-state index is 3.98. The molecular weight excluding hydrogens is 354 g/mol. The molecule has 0 saturated heterocycles. The number of nitrogens with one attached hydrogen (secondary N) is 2. The lowest BCUT2D eigenvalue weighted by Gasteiger charge is -2.00. The van der Waals surface area contributed by atoms with Crippen LogP contribution < -0.4 is 5.32 Å². The van der Waals surface area contributed by atoms with Crippen LogP contribution in [-0.2, 0) is 13.0 Å². The van der Waals surface area contributed by atoms with Gasteiger partial charge < -0.3 is 10.3 Å². The number of hydrogen-bond donors (Lipinski definition) is 2. The zero-order chi connectivity index (χ0) is 11.4. The molecule has 16 heavy (non-hydrogen) atoms. The number of thiophene rings is 1. The maximum Gasteiger partial charge on any atom is 0.0921 e. The monoisotopic (exact) mass is 363 g/mol. The lowest BCUT2D eigenvalue weighted by atomic mass is 10.3. The van der Waals surface area contributed by atoms with Crippen molar-refractivity contribution in [2.24, 2.45) is 0 Å². The molecule has 2 aromatic rings. The molecule has 6 heteroatoms. The molecule has 0 aliphatic heterocycles. The van der Waals surface area contributed by atoms with Crippen molar-refractivity contribution in [1.29, 1.82) is 0 Å². The van der Waals surface area contributed by atoms with E-state index < -0.39 is 0 Å². The molecule has 0 spiro atoms. The van der Waals surface area contributed by atoms with Gasteiger partial charge in [-0.15, -0.1) is 11.3 Å². The summed E-state index contributed by atoms with van der Waals surface area (Å²) in [7, 11) is 0. The highest BCUT2D eigenvalue weighted by Gasteiger charge is 2.03. The van der Waals surface area contributed by atoms with E-state index in [1.165, 1.54) is 10.6 Å². The van der Waals surface area contributed by atoms with Crippen LogP contribution in [0.2, 0.25) is 0 Å². The Bertz CT molecular complexity index is 419. The van der Waals surface area contributed by atoms with Crippen molar-refractivity contribution in [3.8, 4) is 0 Å². The van der Waals surface area contributed by atoms with Crippen molar-refractivity contribution in [3.63, 3.8) is 0 Å². The van der Waals surface area contributed by atoms with Gasteiger partial charge >= 0.3 is 0 Å². The van der Waals surface area contributed by atoms with Gasteiger partial charge in [-0.25, -0.2) is 4.98 Å². The van der Waals surface area contributed by atoms with Crippen LogP contribution in [0.25, 0.3) is 0 Å². The summed E-state index contributed by atoms with van der Waals surface area (Å²) in [5.74, 6) is 0. The van der Waals surface area contributed by atoms with E-state index in [0.717, 1.165) is 27.8 Å². The van der Waals surface area contributed by atoms with Crippen LogP contribution in [0, 0.1) is 0 Å². The summed E-state index contributed by atoms with van der Waals surface area (Å²) >= 11 is 8.72. The molecule has 0 radical (unpaired) electrons. The minimum Gasteiger partial charge on any atom is -0.348 e. The first-order valence-corrected chi connectivity index (χ1v) is 7.27. The van der Waals surface area contributed by atoms with Gasteiger partial charge in [-0.2, -0.15) is 0 Å². The van der Waals surface area contributed by atoms with E-state index in [9.17, 15) is 0 Å². The number of aromatic nitrogens is 2. The number of imidazole rings is 1. The lowest BCUT2D eigenvalue weighted by Crippen LogP contribution is -2.16. The number of hydrogen-bond acceptors (Lipinski definition) is 3. The summed E-state index contributed by atoms with van der Waals surface area (Å²) in [5, 5.41) is 3.40. The molecule has 0 fully saturated rings. The molecule has 0 aromatic carbocycles. The molecule has 0 aliphatic carbocycles. The fourth-order valence-corrected chi connectivity index (χ4v) is 3.48. The van der Waals surface area contributed by atoms with Crippen molar-refractivity contribution in [2.75, 3.05) is 6.54 Å². The van der Waals surface area contributed by atoms with E-state index in [1.807, 2.05) is 6.20 Å². The van der Waals surface area contributed by atoms with E-state index in [1.54, 1.807) is 17.7 Å². The first-order chi connectivity index (χ1) is 7.75. The average Bonchev–Trinajstić information content (AvgIpc) is 2.85. The van der Waals surface area contributed by atoms with Gasteiger partial charge in [-0.05, 0) is 37.9 Å².